The predicted molar refractivity (Wildman–Crippen MR) is 78.3 cm³/mol. The van der Waals surface area contributed by atoms with E-state index in [4.69, 9.17) is 10.5 Å². The van der Waals surface area contributed by atoms with Gasteiger partial charge in [-0.15, -0.1) is 0 Å². The molecule has 5 nitrogen and oxygen atoms in total. The fourth-order valence-corrected chi connectivity index (χ4v) is 1.83. The maximum atomic E-state index is 12.3. The summed E-state index contributed by atoms with van der Waals surface area (Å²) < 4.78 is 5.48. The van der Waals surface area contributed by atoms with E-state index in [2.05, 4.69) is 10.6 Å². The van der Waals surface area contributed by atoms with E-state index in [1.54, 1.807) is 18.2 Å². The van der Waals surface area contributed by atoms with Crippen LogP contribution in [0.15, 0.2) is 48.2 Å². The highest BCUT2D eigenvalue weighted by Gasteiger charge is 2.15. The Bertz CT molecular complexity index is 538. The van der Waals surface area contributed by atoms with Crippen molar-refractivity contribution in [2.45, 2.75) is 13.1 Å². The van der Waals surface area contributed by atoms with Crippen LogP contribution in [0, 0.1) is 0 Å². The highest BCUT2D eigenvalue weighted by Crippen LogP contribution is 2.17. The second-order valence-electron chi connectivity index (χ2n) is 4.50. The highest BCUT2D eigenvalue weighted by molar-refractivity contribution is 5.97. The van der Waals surface area contributed by atoms with Crippen molar-refractivity contribution in [2.75, 3.05) is 13.2 Å². The lowest BCUT2D eigenvalue weighted by atomic mass is 10.1. The standard InChI is InChI=1S/C15H19N3O2/c1-11-6-7-14(17-10-11)18-15(19)12-4-2-3-5-13(12)20-9-8-16/h2-7,10,14,17H,8-9,16H2,1H3,(H,18,19). The maximum absolute atomic E-state index is 12.3. The largest absolute Gasteiger partial charge is 0.491 e. The van der Waals surface area contributed by atoms with Crippen LogP contribution in [0.4, 0.5) is 0 Å². The number of para-hydroxylation sites is 1. The fourth-order valence-electron chi connectivity index (χ4n) is 1.83. The van der Waals surface area contributed by atoms with Crippen LogP contribution in [0.5, 0.6) is 5.75 Å². The van der Waals surface area contributed by atoms with Gasteiger partial charge in [0.2, 0.25) is 0 Å². The Morgan fingerprint density at radius 2 is 2.25 bits per heavy atom. The summed E-state index contributed by atoms with van der Waals surface area (Å²) in [6, 6.07) is 7.12. The molecule has 0 radical (unpaired) electrons. The second-order valence-corrected chi connectivity index (χ2v) is 4.50. The number of allylic oxidation sites excluding steroid dienone is 2. The molecule has 0 aliphatic carbocycles. The highest BCUT2D eigenvalue weighted by atomic mass is 16.5. The van der Waals surface area contributed by atoms with Gasteiger partial charge in [-0.1, -0.05) is 18.2 Å². The fraction of sp³-hybridized carbons (Fsp3) is 0.267. The topological polar surface area (TPSA) is 76.4 Å². The smallest absolute Gasteiger partial charge is 0.256 e. The van der Waals surface area contributed by atoms with E-state index in [-0.39, 0.29) is 12.1 Å². The average Bonchev–Trinajstić information content (AvgIpc) is 2.47. The van der Waals surface area contributed by atoms with Gasteiger partial charge in [0.05, 0.1) is 5.56 Å². The van der Waals surface area contributed by atoms with Gasteiger partial charge in [-0.05, 0) is 30.7 Å². The zero-order valence-electron chi connectivity index (χ0n) is 11.4. The molecule has 0 fully saturated rings. The number of hydrogen-bond donors (Lipinski definition) is 3. The molecule has 0 saturated carbocycles. The van der Waals surface area contributed by atoms with Crippen LogP contribution < -0.4 is 21.1 Å². The molecular weight excluding hydrogens is 254 g/mol. The third-order valence-electron chi connectivity index (χ3n) is 2.84. The number of carbonyl (C=O) groups excluding carboxylic acids is 1. The molecule has 1 heterocycles. The Hall–Kier alpha value is -2.27. The SMILES string of the molecule is CC1=CNC(NC(=O)c2ccccc2OCCN)C=C1. The lowest BCUT2D eigenvalue weighted by molar-refractivity contribution is 0.0937. The molecule has 1 aliphatic rings. The van der Waals surface area contributed by atoms with Crippen molar-refractivity contribution in [1.82, 2.24) is 10.6 Å². The molecule has 1 atom stereocenters. The van der Waals surface area contributed by atoms with Crippen LogP contribution in [-0.4, -0.2) is 25.2 Å². The van der Waals surface area contributed by atoms with Crippen LogP contribution in [0.3, 0.4) is 0 Å². The van der Waals surface area contributed by atoms with Gasteiger partial charge in [0.25, 0.3) is 5.91 Å². The summed E-state index contributed by atoms with van der Waals surface area (Å²) in [5.74, 6) is 0.356. The molecule has 0 saturated heterocycles. The van der Waals surface area contributed by atoms with E-state index in [1.165, 1.54) is 0 Å². The van der Waals surface area contributed by atoms with E-state index >= 15 is 0 Å². The van der Waals surface area contributed by atoms with Crippen LogP contribution >= 0.6 is 0 Å². The molecule has 4 N–H and O–H groups in total. The number of benzene rings is 1. The quantitative estimate of drug-likeness (QED) is 0.752. The van der Waals surface area contributed by atoms with E-state index in [0.717, 1.165) is 5.57 Å². The van der Waals surface area contributed by atoms with Crippen molar-refractivity contribution < 1.29 is 9.53 Å². The van der Waals surface area contributed by atoms with Gasteiger partial charge in [-0.3, -0.25) is 4.79 Å². The minimum atomic E-state index is -0.214. The zero-order valence-corrected chi connectivity index (χ0v) is 11.4. The first-order valence-electron chi connectivity index (χ1n) is 6.54. The third-order valence-corrected chi connectivity index (χ3v) is 2.84. The Balaban J connectivity index is 2.04. The van der Waals surface area contributed by atoms with Crippen molar-refractivity contribution in [2.24, 2.45) is 5.73 Å². The number of hydrogen-bond acceptors (Lipinski definition) is 4. The van der Waals surface area contributed by atoms with Gasteiger partial charge in [0, 0.05) is 12.7 Å². The first-order valence-corrected chi connectivity index (χ1v) is 6.54. The first kappa shape index (κ1) is 14.1. The minimum Gasteiger partial charge on any atom is -0.491 e. The van der Waals surface area contributed by atoms with Crippen molar-refractivity contribution in [3.8, 4) is 5.75 Å². The summed E-state index contributed by atoms with van der Waals surface area (Å²) >= 11 is 0. The number of nitrogens with one attached hydrogen (secondary N) is 2. The van der Waals surface area contributed by atoms with Gasteiger partial charge in [-0.2, -0.15) is 0 Å². The molecule has 0 aromatic heterocycles. The molecule has 106 valence electrons. The molecule has 0 bridgehead atoms. The van der Waals surface area contributed by atoms with Crippen molar-refractivity contribution in [3.63, 3.8) is 0 Å². The summed E-state index contributed by atoms with van der Waals surface area (Å²) in [7, 11) is 0. The van der Waals surface area contributed by atoms with E-state index in [9.17, 15) is 4.79 Å². The van der Waals surface area contributed by atoms with Gasteiger partial charge in [0.15, 0.2) is 0 Å². The minimum absolute atomic E-state index is 0.187. The molecule has 2 rings (SSSR count). The normalized spacial score (nSPS) is 17.1. The Morgan fingerprint density at radius 1 is 1.45 bits per heavy atom. The Labute approximate surface area is 118 Å². The first-order chi connectivity index (χ1) is 9.70. The molecule has 1 aliphatic heterocycles. The molecular formula is C15H19N3O2. The maximum Gasteiger partial charge on any atom is 0.256 e. The number of dihydropyridines is 1. The Kier molecular flexibility index (Phi) is 4.79. The molecule has 1 unspecified atom stereocenters. The summed E-state index contributed by atoms with van der Waals surface area (Å²) in [4.78, 5) is 12.3. The monoisotopic (exact) mass is 273 g/mol. The summed E-state index contributed by atoms with van der Waals surface area (Å²) in [6.07, 6.45) is 5.50. The van der Waals surface area contributed by atoms with Gasteiger partial charge in [0.1, 0.15) is 18.5 Å². The van der Waals surface area contributed by atoms with Crippen LogP contribution in [0.25, 0.3) is 0 Å². The van der Waals surface area contributed by atoms with Crippen LogP contribution in [0.1, 0.15) is 17.3 Å². The summed E-state index contributed by atoms with van der Waals surface area (Å²) in [6.45, 7) is 2.78. The summed E-state index contributed by atoms with van der Waals surface area (Å²) in [5.41, 5.74) is 7.03. The average molecular weight is 273 g/mol. The lowest BCUT2D eigenvalue weighted by Crippen LogP contribution is -2.43. The number of amides is 1. The van der Waals surface area contributed by atoms with Crippen LogP contribution in [-0.2, 0) is 0 Å². The van der Waals surface area contributed by atoms with E-state index in [1.807, 2.05) is 31.3 Å². The van der Waals surface area contributed by atoms with Crippen molar-refractivity contribution >= 4 is 5.91 Å². The predicted octanol–water partition coefficient (Wildman–Crippen LogP) is 1.14. The lowest BCUT2D eigenvalue weighted by Gasteiger charge is -2.19. The summed E-state index contributed by atoms with van der Waals surface area (Å²) in [5, 5.41) is 5.97. The number of ether oxygens (including phenoxy) is 1. The molecule has 0 spiro atoms. The Morgan fingerprint density at radius 3 is 2.95 bits per heavy atom. The van der Waals surface area contributed by atoms with Crippen LogP contribution in [0.2, 0.25) is 0 Å². The van der Waals surface area contributed by atoms with Crippen molar-refractivity contribution in [1.29, 1.82) is 0 Å². The molecule has 1 aromatic carbocycles. The number of rotatable bonds is 5. The van der Waals surface area contributed by atoms with E-state index < -0.39 is 0 Å². The van der Waals surface area contributed by atoms with E-state index in [0.29, 0.717) is 24.5 Å². The third kappa shape index (κ3) is 3.61. The van der Waals surface area contributed by atoms with Gasteiger partial charge in [-0.25, -0.2) is 0 Å². The number of nitrogens with two attached hydrogens (primary N) is 1. The van der Waals surface area contributed by atoms with Gasteiger partial charge >= 0.3 is 0 Å². The zero-order chi connectivity index (χ0) is 14.4. The molecule has 20 heavy (non-hydrogen) atoms. The molecule has 1 amide bonds. The van der Waals surface area contributed by atoms with Crippen molar-refractivity contribution in [3.05, 3.63) is 53.8 Å². The molecule has 5 heteroatoms. The molecule has 1 aromatic rings. The second kappa shape index (κ2) is 6.77. The van der Waals surface area contributed by atoms with Gasteiger partial charge < -0.3 is 21.1 Å². The number of carbonyl (C=O) groups is 1.